The highest BCUT2D eigenvalue weighted by Crippen LogP contribution is 2.46. The molecule has 2 aliphatic carbocycles. The van der Waals surface area contributed by atoms with Crippen LogP contribution in [0, 0.1) is 11.3 Å². The number of carbonyl (C=O) groups is 2. The molecule has 0 unspecified atom stereocenters. The van der Waals surface area contributed by atoms with Gasteiger partial charge in [0.15, 0.2) is 0 Å². The second kappa shape index (κ2) is 5.39. The molecule has 3 rings (SSSR count). The summed E-state index contributed by atoms with van der Waals surface area (Å²) in [5.74, 6) is 0.00419. The molecular formula is C16H19NO4. The number of ether oxygens (including phenoxy) is 1. The Bertz CT molecular complexity index is 561. The summed E-state index contributed by atoms with van der Waals surface area (Å²) in [5.41, 5.74) is -0.309. The van der Waals surface area contributed by atoms with Gasteiger partial charge in [0.2, 0.25) is 5.91 Å². The first-order valence-electron chi connectivity index (χ1n) is 7.34. The van der Waals surface area contributed by atoms with Crippen LogP contribution in [-0.4, -0.2) is 23.6 Å². The Hall–Kier alpha value is -2.04. The molecule has 0 radical (unpaired) electrons. The topological polar surface area (TPSA) is 75.6 Å². The average molecular weight is 289 g/mol. The van der Waals surface area contributed by atoms with Crippen LogP contribution in [-0.2, 0) is 16.1 Å². The summed E-state index contributed by atoms with van der Waals surface area (Å²) in [4.78, 5) is 23.1. The predicted octanol–water partition coefficient (Wildman–Crippen LogP) is 1.96. The van der Waals surface area contributed by atoms with E-state index in [9.17, 15) is 9.59 Å². The van der Waals surface area contributed by atoms with Crippen molar-refractivity contribution in [3.05, 3.63) is 29.8 Å². The molecule has 1 amide bonds. The van der Waals surface area contributed by atoms with Gasteiger partial charge < -0.3 is 15.2 Å². The molecule has 5 heteroatoms. The van der Waals surface area contributed by atoms with Gasteiger partial charge in [-0.05, 0) is 37.7 Å². The van der Waals surface area contributed by atoms with Crippen LogP contribution < -0.4 is 10.1 Å². The summed E-state index contributed by atoms with van der Waals surface area (Å²) in [6.45, 7) is 1.01. The third kappa shape index (κ3) is 3.01. The molecule has 2 N–H and O–H groups in total. The molecule has 0 aromatic heterocycles. The number of rotatable bonds is 7. The van der Waals surface area contributed by atoms with Crippen LogP contribution >= 0.6 is 0 Å². The highest BCUT2D eigenvalue weighted by atomic mass is 16.5. The van der Waals surface area contributed by atoms with E-state index in [-0.39, 0.29) is 0 Å². The zero-order valence-electron chi connectivity index (χ0n) is 11.8. The van der Waals surface area contributed by atoms with Crippen molar-refractivity contribution in [3.63, 3.8) is 0 Å². The first-order valence-corrected chi connectivity index (χ1v) is 7.34. The van der Waals surface area contributed by atoms with E-state index >= 15 is 0 Å². The van der Waals surface area contributed by atoms with Crippen LogP contribution in [0.3, 0.4) is 0 Å². The summed E-state index contributed by atoms with van der Waals surface area (Å²) in [7, 11) is 0. The molecule has 21 heavy (non-hydrogen) atoms. The van der Waals surface area contributed by atoms with Gasteiger partial charge in [-0.2, -0.15) is 0 Å². The molecule has 1 aromatic rings. The van der Waals surface area contributed by atoms with Crippen molar-refractivity contribution >= 4 is 11.9 Å². The lowest BCUT2D eigenvalue weighted by molar-refractivity contribution is -0.149. The van der Waals surface area contributed by atoms with Crippen LogP contribution in [0.5, 0.6) is 5.75 Å². The Morgan fingerprint density at radius 1 is 1.29 bits per heavy atom. The number of hydrogen-bond acceptors (Lipinski definition) is 3. The lowest BCUT2D eigenvalue weighted by Crippen LogP contribution is -2.36. The number of para-hydroxylation sites is 1. The first-order chi connectivity index (χ1) is 10.1. The van der Waals surface area contributed by atoms with Gasteiger partial charge in [0.05, 0.1) is 6.61 Å². The van der Waals surface area contributed by atoms with E-state index in [1.165, 1.54) is 12.8 Å². The average Bonchev–Trinajstić information content (AvgIpc) is 3.37. The predicted molar refractivity (Wildman–Crippen MR) is 75.8 cm³/mol. The van der Waals surface area contributed by atoms with Crippen molar-refractivity contribution in [2.75, 3.05) is 6.61 Å². The van der Waals surface area contributed by atoms with Crippen LogP contribution in [0.1, 0.15) is 31.2 Å². The van der Waals surface area contributed by atoms with E-state index in [1.807, 2.05) is 24.3 Å². The molecule has 0 heterocycles. The number of carboxylic acid groups (broad SMARTS) is 1. The SMILES string of the molecule is O=C(O)C1(C(=O)NCc2ccccc2OCC2CC2)CC1. The first kappa shape index (κ1) is 13.9. The zero-order valence-corrected chi connectivity index (χ0v) is 11.8. The monoisotopic (exact) mass is 289 g/mol. The molecule has 2 saturated carbocycles. The number of nitrogens with one attached hydrogen (secondary N) is 1. The summed E-state index contributed by atoms with van der Waals surface area (Å²) < 4.78 is 5.77. The highest BCUT2D eigenvalue weighted by Gasteiger charge is 2.56. The Morgan fingerprint density at radius 2 is 2.00 bits per heavy atom. The van der Waals surface area contributed by atoms with Gasteiger partial charge in [-0.1, -0.05) is 18.2 Å². The second-order valence-corrected chi connectivity index (χ2v) is 5.93. The molecule has 0 spiro atoms. The number of amides is 1. The molecule has 0 atom stereocenters. The third-order valence-electron chi connectivity index (χ3n) is 4.18. The summed E-state index contributed by atoms with van der Waals surface area (Å²) in [6.07, 6.45) is 3.29. The third-order valence-corrected chi connectivity index (χ3v) is 4.18. The molecule has 5 nitrogen and oxygen atoms in total. The normalized spacial score (nSPS) is 18.9. The molecule has 0 bridgehead atoms. The van der Waals surface area contributed by atoms with E-state index in [1.54, 1.807) is 0 Å². The van der Waals surface area contributed by atoms with Gasteiger partial charge in [-0.3, -0.25) is 9.59 Å². The van der Waals surface area contributed by atoms with Gasteiger partial charge in [0, 0.05) is 12.1 Å². The largest absolute Gasteiger partial charge is 0.493 e. The molecule has 0 saturated heterocycles. The van der Waals surface area contributed by atoms with Gasteiger partial charge in [-0.25, -0.2) is 0 Å². The van der Waals surface area contributed by atoms with Crippen molar-refractivity contribution in [2.24, 2.45) is 11.3 Å². The summed E-state index contributed by atoms with van der Waals surface area (Å²) >= 11 is 0. The fraction of sp³-hybridized carbons (Fsp3) is 0.500. The molecule has 112 valence electrons. The van der Waals surface area contributed by atoms with Crippen molar-refractivity contribution in [1.82, 2.24) is 5.32 Å². The number of carbonyl (C=O) groups excluding carboxylic acids is 1. The molecule has 2 aliphatic rings. The zero-order chi connectivity index (χ0) is 14.9. The standard InChI is InChI=1S/C16H19NO4/c18-14(16(7-8-16)15(19)20)17-9-12-3-1-2-4-13(12)21-10-11-5-6-11/h1-4,11H,5-10H2,(H,17,18)(H,19,20). The lowest BCUT2D eigenvalue weighted by atomic mass is 10.1. The second-order valence-electron chi connectivity index (χ2n) is 5.93. The Kier molecular flexibility index (Phi) is 3.57. The van der Waals surface area contributed by atoms with E-state index in [0.717, 1.165) is 11.3 Å². The van der Waals surface area contributed by atoms with Crippen LogP contribution in [0.15, 0.2) is 24.3 Å². The number of hydrogen-bond donors (Lipinski definition) is 2. The van der Waals surface area contributed by atoms with E-state index in [0.29, 0.717) is 31.9 Å². The van der Waals surface area contributed by atoms with Crippen molar-refractivity contribution in [1.29, 1.82) is 0 Å². The maximum Gasteiger partial charge on any atom is 0.319 e. The minimum absolute atomic E-state index is 0.300. The number of benzene rings is 1. The number of carboxylic acids is 1. The van der Waals surface area contributed by atoms with Crippen LogP contribution in [0.2, 0.25) is 0 Å². The van der Waals surface area contributed by atoms with Gasteiger partial charge in [0.25, 0.3) is 0 Å². The van der Waals surface area contributed by atoms with Gasteiger partial charge >= 0.3 is 5.97 Å². The summed E-state index contributed by atoms with van der Waals surface area (Å²) in [5, 5.41) is 11.8. The van der Waals surface area contributed by atoms with E-state index in [2.05, 4.69) is 5.32 Å². The van der Waals surface area contributed by atoms with Gasteiger partial charge in [-0.15, -0.1) is 0 Å². The highest BCUT2D eigenvalue weighted by molar-refractivity contribution is 6.04. The maximum absolute atomic E-state index is 12.0. The smallest absolute Gasteiger partial charge is 0.319 e. The number of aliphatic carboxylic acids is 1. The van der Waals surface area contributed by atoms with E-state index < -0.39 is 17.3 Å². The fourth-order valence-electron chi connectivity index (χ4n) is 2.29. The van der Waals surface area contributed by atoms with Crippen molar-refractivity contribution in [3.8, 4) is 5.75 Å². The Morgan fingerprint density at radius 3 is 2.62 bits per heavy atom. The molecule has 0 aliphatic heterocycles. The van der Waals surface area contributed by atoms with Crippen molar-refractivity contribution in [2.45, 2.75) is 32.2 Å². The Balaban J connectivity index is 1.59. The van der Waals surface area contributed by atoms with E-state index in [4.69, 9.17) is 9.84 Å². The van der Waals surface area contributed by atoms with Crippen molar-refractivity contribution < 1.29 is 19.4 Å². The van der Waals surface area contributed by atoms with Gasteiger partial charge in [0.1, 0.15) is 11.2 Å². The lowest BCUT2D eigenvalue weighted by Gasteiger charge is -2.14. The minimum atomic E-state index is -1.19. The minimum Gasteiger partial charge on any atom is -0.493 e. The van der Waals surface area contributed by atoms with Crippen LogP contribution in [0.25, 0.3) is 0 Å². The molecular weight excluding hydrogens is 270 g/mol. The quantitative estimate of drug-likeness (QED) is 0.752. The maximum atomic E-state index is 12.0. The Labute approximate surface area is 123 Å². The summed E-state index contributed by atoms with van der Waals surface area (Å²) in [6, 6.07) is 7.56. The fourth-order valence-corrected chi connectivity index (χ4v) is 2.29. The van der Waals surface area contributed by atoms with Crippen LogP contribution in [0.4, 0.5) is 0 Å². The molecule has 2 fully saturated rings. The molecule has 1 aromatic carbocycles.